The normalized spacial score (nSPS) is 44.3. The third kappa shape index (κ3) is 3.37. The molecule has 0 aromatic rings. The second-order valence-corrected chi connectivity index (χ2v) is 11.3. The Morgan fingerprint density at radius 3 is 2.44 bits per heavy atom. The topological polar surface area (TPSA) is 137 Å². The third-order valence-corrected chi connectivity index (χ3v) is 7.88. The van der Waals surface area contributed by atoms with Crippen LogP contribution < -0.4 is 10.5 Å². The Kier molecular flexibility index (Phi) is 4.35. The van der Waals surface area contributed by atoms with Gasteiger partial charge in [-0.25, -0.2) is 13.1 Å². The molecule has 4 bridgehead atoms. The fraction of sp³-hybridized carbons (Fsp3) is 0.889. The highest BCUT2D eigenvalue weighted by Gasteiger charge is 2.61. The Hall–Kier alpha value is -1.21. The maximum absolute atomic E-state index is 13.2. The molecule has 2 unspecified atom stereocenters. The van der Waals surface area contributed by atoms with E-state index in [0.29, 0.717) is 18.3 Å². The third-order valence-electron chi connectivity index (χ3n) is 7.12. The van der Waals surface area contributed by atoms with Crippen LogP contribution in [0.1, 0.15) is 44.9 Å². The van der Waals surface area contributed by atoms with Crippen molar-refractivity contribution in [3.05, 3.63) is 0 Å². The average molecular weight is 397 g/mol. The van der Waals surface area contributed by atoms with Crippen LogP contribution in [0.3, 0.4) is 0 Å². The predicted molar refractivity (Wildman–Crippen MR) is 97.5 cm³/mol. The molecule has 0 aromatic heterocycles. The number of aliphatic hydroxyl groups is 1. The average Bonchev–Trinajstić information content (AvgIpc) is 2.91. The number of sulfonamides is 1. The van der Waals surface area contributed by atoms with E-state index >= 15 is 0 Å². The predicted octanol–water partition coefficient (Wildman–Crippen LogP) is -0.313. The van der Waals surface area contributed by atoms with Crippen molar-refractivity contribution in [2.24, 2.45) is 23.0 Å². The summed E-state index contributed by atoms with van der Waals surface area (Å²) in [6.45, 7) is 0.158. The number of nitriles is 1. The van der Waals surface area contributed by atoms with Gasteiger partial charge in [-0.1, -0.05) is 0 Å². The maximum atomic E-state index is 13.2. The molecule has 5 atom stereocenters. The Labute approximate surface area is 160 Å². The number of carbonyl (C=O) groups is 1. The minimum Gasteiger partial charge on any atom is -0.390 e. The summed E-state index contributed by atoms with van der Waals surface area (Å²) in [5.74, 6) is 0.546. The number of carbonyl (C=O) groups excluding carboxylic acids is 1. The molecule has 4 aliphatic carbocycles. The molecule has 0 spiro atoms. The summed E-state index contributed by atoms with van der Waals surface area (Å²) >= 11 is 0. The molecular formula is C18H28N4O4S. The zero-order chi connectivity index (χ0) is 19.6. The molecule has 150 valence electrons. The van der Waals surface area contributed by atoms with Gasteiger partial charge < -0.3 is 15.7 Å². The number of nitrogens with two attached hydrogens (primary N) is 1. The van der Waals surface area contributed by atoms with E-state index in [1.807, 2.05) is 0 Å². The Bertz CT molecular complexity index is 778. The SMILES string of the molecule is CS(=O)(=O)N[C@H]1C[C@@H](C#N)N(C(=O)[C@@H](N)C23CC4CC(CC(O)(C4)C2)C3)C1. The summed E-state index contributed by atoms with van der Waals surface area (Å²) in [6.07, 6.45) is 6.31. The number of nitrogens with zero attached hydrogens (tertiary/aromatic N) is 2. The molecule has 0 aromatic carbocycles. The van der Waals surface area contributed by atoms with E-state index in [1.165, 1.54) is 4.90 Å². The second-order valence-electron chi connectivity index (χ2n) is 9.48. The van der Waals surface area contributed by atoms with Crippen molar-refractivity contribution in [2.75, 3.05) is 12.8 Å². The van der Waals surface area contributed by atoms with Gasteiger partial charge in [0.2, 0.25) is 15.9 Å². The summed E-state index contributed by atoms with van der Waals surface area (Å²) in [5.41, 5.74) is 5.38. The van der Waals surface area contributed by atoms with Crippen LogP contribution in [0.4, 0.5) is 0 Å². The molecule has 1 amide bonds. The fourth-order valence-electron chi connectivity index (χ4n) is 6.68. The van der Waals surface area contributed by atoms with E-state index in [1.54, 1.807) is 0 Å². The molecule has 5 rings (SSSR count). The van der Waals surface area contributed by atoms with E-state index < -0.39 is 39.2 Å². The summed E-state index contributed by atoms with van der Waals surface area (Å²) in [6, 6.07) is 0.199. The fourth-order valence-corrected chi connectivity index (χ4v) is 7.46. The minimum atomic E-state index is -3.42. The zero-order valence-corrected chi connectivity index (χ0v) is 16.4. The largest absolute Gasteiger partial charge is 0.390 e. The molecule has 5 fully saturated rings. The van der Waals surface area contributed by atoms with E-state index in [9.17, 15) is 23.6 Å². The number of hydrogen-bond donors (Lipinski definition) is 3. The number of nitrogens with one attached hydrogen (secondary N) is 1. The number of likely N-dealkylation sites (tertiary alicyclic amines) is 1. The van der Waals surface area contributed by atoms with Gasteiger partial charge >= 0.3 is 0 Å². The summed E-state index contributed by atoms with van der Waals surface area (Å²) in [5, 5.41) is 20.4. The van der Waals surface area contributed by atoms with Crippen LogP contribution in [-0.2, 0) is 14.8 Å². The van der Waals surface area contributed by atoms with Gasteiger partial charge in [-0.3, -0.25) is 4.79 Å². The molecule has 1 heterocycles. The highest BCUT2D eigenvalue weighted by molar-refractivity contribution is 7.88. The number of rotatable bonds is 4. The van der Waals surface area contributed by atoms with Crippen LogP contribution in [0.25, 0.3) is 0 Å². The number of amides is 1. The number of hydrogen-bond acceptors (Lipinski definition) is 6. The molecule has 27 heavy (non-hydrogen) atoms. The first-order valence-electron chi connectivity index (χ1n) is 9.68. The quantitative estimate of drug-likeness (QED) is 0.596. The molecule has 9 heteroatoms. The van der Waals surface area contributed by atoms with Gasteiger partial charge in [0.15, 0.2) is 0 Å². The van der Waals surface area contributed by atoms with Gasteiger partial charge in [0.1, 0.15) is 6.04 Å². The highest BCUT2D eigenvalue weighted by atomic mass is 32.2. The van der Waals surface area contributed by atoms with Crippen LogP contribution in [-0.4, -0.2) is 60.9 Å². The van der Waals surface area contributed by atoms with E-state index in [4.69, 9.17) is 5.73 Å². The van der Waals surface area contributed by atoms with Gasteiger partial charge in [0.25, 0.3) is 0 Å². The zero-order valence-electron chi connectivity index (χ0n) is 15.6. The molecule has 4 saturated carbocycles. The van der Waals surface area contributed by atoms with E-state index in [2.05, 4.69) is 10.8 Å². The molecule has 4 N–H and O–H groups in total. The summed E-state index contributed by atoms with van der Waals surface area (Å²) in [4.78, 5) is 14.7. The molecule has 5 aliphatic rings. The van der Waals surface area contributed by atoms with Crippen molar-refractivity contribution < 1.29 is 18.3 Å². The van der Waals surface area contributed by atoms with Crippen molar-refractivity contribution in [2.45, 2.75) is 68.7 Å². The van der Waals surface area contributed by atoms with E-state index in [0.717, 1.165) is 38.4 Å². The molecule has 1 aliphatic heterocycles. The molecule has 0 radical (unpaired) electrons. The van der Waals surface area contributed by atoms with Crippen LogP contribution >= 0.6 is 0 Å². The lowest BCUT2D eigenvalue weighted by atomic mass is 9.46. The molecule has 8 nitrogen and oxygen atoms in total. The van der Waals surface area contributed by atoms with Gasteiger partial charge in [0, 0.05) is 12.6 Å². The first-order valence-corrected chi connectivity index (χ1v) is 11.6. The van der Waals surface area contributed by atoms with Crippen molar-refractivity contribution >= 4 is 15.9 Å². The minimum absolute atomic E-state index is 0.158. The highest BCUT2D eigenvalue weighted by Crippen LogP contribution is 2.62. The smallest absolute Gasteiger partial charge is 0.241 e. The van der Waals surface area contributed by atoms with Gasteiger partial charge in [-0.15, -0.1) is 0 Å². The van der Waals surface area contributed by atoms with Gasteiger partial charge in [-0.05, 0) is 62.2 Å². The Morgan fingerprint density at radius 2 is 1.93 bits per heavy atom. The summed E-state index contributed by atoms with van der Waals surface area (Å²) < 4.78 is 25.5. The Morgan fingerprint density at radius 1 is 1.30 bits per heavy atom. The van der Waals surface area contributed by atoms with Crippen LogP contribution in [0.5, 0.6) is 0 Å². The molecular weight excluding hydrogens is 368 g/mol. The second kappa shape index (κ2) is 6.14. The first kappa shape index (κ1) is 19.1. The van der Waals surface area contributed by atoms with Crippen molar-refractivity contribution in [3.8, 4) is 6.07 Å². The van der Waals surface area contributed by atoms with Gasteiger partial charge in [-0.2, -0.15) is 5.26 Å². The van der Waals surface area contributed by atoms with E-state index in [-0.39, 0.29) is 18.9 Å². The lowest BCUT2D eigenvalue weighted by Gasteiger charge is -2.61. The van der Waals surface area contributed by atoms with Gasteiger partial charge in [0.05, 0.1) is 24.0 Å². The van der Waals surface area contributed by atoms with Crippen molar-refractivity contribution in [1.82, 2.24) is 9.62 Å². The van der Waals surface area contributed by atoms with Crippen LogP contribution in [0.2, 0.25) is 0 Å². The van der Waals surface area contributed by atoms with Crippen LogP contribution in [0, 0.1) is 28.6 Å². The maximum Gasteiger partial charge on any atom is 0.241 e. The standard InChI is InChI=1S/C18H28N4O4S/c1-27(25,26)21-13-3-14(8-19)22(9-13)16(23)15(20)17-4-11-2-12(5-17)7-18(24,6-11)10-17/h11-15,21,24H,2-7,9-10,20H2,1H3/t11?,12?,13-,14-,15+,17?,18?/m0/s1. The van der Waals surface area contributed by atoms with Crippen LogP contribution in [0.15, 0.2) is 0 Å². The summed E-state index contributed by atoms with van der Waals surface area (Å²) in [7, 11) is -3.42. The lowest BCUT2D eigenvalue weighted by Crippen LogP contribution is -2.64. The molecule has 1 saturated heterocycles. The monoisotopic (exact) mass is 396 g/mol. The van der Waals surface area contributed by atoms with Crippen molar-refractivity contribution in [1.29, 1.82) is 5.26 Å². The Balaban J connectivity index is 1.53. The lowest BCUT2D eigenvalue weighted by molar-refractivity contribution is -0.177. The first-order chi connectivity index (χ1) is 12.5. The van der Waals surface area contributed by atoms with Crippen molar-refractivity contribution in [3.63, 3.8) is 0 Å².